The predicted octanol–water partition coefficient (Wildman–Crippen LogP) is 4.39. The summed E-state index contributed by atoms with van der Waals surface area (Å²) in [5, 5.41) is 14.3. The maximum atomic E-state index is 10.7. The fourth-order valence-electron chi connectivity index (χ4n) is 3.25. The Labute approximate surface area is 112 Å². The molecule has 3 rings (SSSR count). The molecule has 2 heteroatoms. The highest BCUT2D eigenvalue weighted by molar-refractivity contribution is 7.17. The SMILES string of the molecule is CCC1CCC(O)(Cc2csc3ccccc23)C1. The third-order valence-electron chi connectivity index (χ3n) is 4.34. The number of thiophene rings is 1. The Morgan fingerprint density at radius 3 is 3.00 bits per heavy atom. The highest BCUT2D eigenvalue weighted by Crippen LogP contribution is 2.40. The van der Waals surface area contributed by atoms with Gasteiger partial charge in [-0.15, -0.1) is 11.3 Å². The average molecular weight is 260 g/mol. The van der Waals surface area contributed by atoms with E-state index >= 15 is 0 Å². The van der Waals surface area contributed by atoms with E-state index in [9.17, 15) is 5.11 Å². The summed E-state index contributed by atoms with van der Waals surface area (Å²) in [5.74, 6) is 0.722. The number of rotatable bonds is 3. The van der Waals surface area contributed by atoms with Crippen LogP contribution in [0.2, 0.25) is 0 Å². The second kappa shape index (κ2) is 4.67. The van der Waals surface area contributed by atoms with E-state index in [0.29, 0.717) is 0 Å². The van der Waals surface area contributed by atoms with Gasteiger partial charge in [0.2, 0.25) is 0 Å². The third-order valence-corrected chi connectivity index (χ3v) is 5.36. The van der Waals surface area contributed by atoms with Crippen molar-refractivity contribution in [1.82, 2.24) is 0 Å². The molecule has 1 aliphatic carbocycles. The lowest BCUT2D eigenvalue weighted by atomic mass is 9.91. The summed E-state index contributed by atoms with van der Waals surface area (Å²) in [7, 11) is 0. The molecule has 1 N–H and O–H groups in total. The molecule has 18 heavy (non-hydrogen) atoms. The minimum atomic E-state index is -0.454. The number of aliphatic hydroxyl groups is 1. The summed E-state index contributed by atoms with van der Waals surface area (Å²) in [6.07, 6.45) is 5.17. The summed E-state index contributed by atoms with van der Waals surface area (Å²) < 4.78 is 1.33. The number of benzene rings is 1. The molecule has 1 aromatic heterocycles. The first-order valence-electron chi connectivity index (χ1n) is 6.88. The van der Waals surface area contributed by atoms with Gasteiger partial charge in [0.1, 0.15) is 0 Å². The minimum absolute atomic E-state index is 0.454. The molecule has 2 unspecified atom stereocenters. The van der Waals surface area contributed by atoms with Gasteiger partial charge in [-0.3, -0.25) is 0 Å². The molecule has 2 atom stereocenters. The molecule has 1 nitrogen and oxygen atoms in total. The van der Waals surface area contributed by atoms with E-state index in [1.54, 1.807) is 11.3 Å². The van der Waals surface area contributed by atoms with Gasteiger partial charge in [0.15, 0.2) is 0 Å². The molecule has 0 radical (unpaired) electrons. The molecule has 0 bridgehead atoms. The second-order valence-electron chi connectivity index (χ2n) is 5.68. The van der Waals surface area contributed by atoms with Crippen molar-refractivity contribution >= 4 is 21.4 Å². The second-order valence-corrected chi connectivity index (χ2v) is 6.59. The zero-order chi connectivity index (χ0) is 12.6. The van der Waals surface area contributed by atoms with Crippen LogP contribution in [-0.2, 0) is 6.42 Å². The number of fused-ring (bicyclic) bond motifs is 1. The Morgan fingerprint density at radius 2 is 2.22 bits per heavy atom. The maximum Gasteiger partial charge on any atom is 0.0691 e. The lowest BCUT2D eigenvalue weighted by Gasteiger charge is -2.22. The summed E-state index contributed by atoms with van der Waals surface area (Å²) in [5.41, 5.74) is 0.875. The molecule has 0 amide bonds. The predicted molar refractivity (Wildman–Crippen MR) is 78.1 cm³/mol. The largest absolute Gasteiger partial charge is 0.390 e. The van der Waals surface area contributed by atoms with E-state index in [4.69, 9.17) is 0 Å². The van der Waals surface area contributed by atoms with Gasteiger partial charge in [-0.1, -0.05) is 31.5 Å². The first kappa shape index (κ1) is 12.2. The zero-order valence-electron chi connectivity index (χ0n) is 10.9. The Kier molecular flexibility index (Phi) is 3.16. The molecule has 1 aliphatic rings. The molecule has 0 spiro atoms. The summed E-state index contributed by atoms with van der Waals surface area (Å²) >= 11 is 1.79. The average Bonchev–Trinajstić information content (AvgIpc) is 2.95. The van der Waals surface area contributed by atoms with Crippen LogP contribution >= 0.6 is 11.3 Å². The molecule has 1 heterocycles. The molecule has 0 saturated heterocycles. The van der Waals surface area contributed by atoms with Crippen LogP contribution in [-0.4, -0.2) is 10.7 Å². The topological polar surface area (TPSA) is 20.2 Å². The lowest BCUT2D eigenvalue weighted by molar-refractivity contribution is 0.0441. The van der Waals surface area contributed by atoms with E-state index in [1.807, 2.05) is 0 Å². The molecule has 96 valence electrons. The van der Waals surface area contributed by atoms with Crippen molar-refractivity contribution in [3.63, 3.8) is 0 Å². The van der Waals surface area contributed by atoms with Crippen LogP contribution in [0, 0.1) is 5.92 Å². The van der Waals surface area contributed by atoms with Gasteiger partial charge >= 0.3 is 0 Å². The van der Waals surface area contributed by atoms with Crippen molar-refractivity contribution in [1.29, 1.82) is 0 Å². The fraction of sp³-hybridized carbons (Fsp3) is 0.500. The van der Waals surface area contributed by atoms with Gasteiger partial charge in [-0.25, -0.2) is 0 Å². The normalized spacial score (nSPS) is 28.0. The Morgan fingerprint density at radius 1 is 1.39 bits per heavy atom. The third kappa shape index (κ3) is 2.19. The van der Waals surface area contributed by atoms with E-state index in [0.717, 1.165) is 25.2 Å². The zero-order valence-corrected chi connectivity index (χ0v) is 11.7. The Balaban J connectivity index is 1.84. The van der Waals surface area contributed by atoms with Crippen molar-refractivity contribution in [2.24, 2.45) is 5.92 Å². The van der Waals surface area contributed by atoms with Gasteiger partial charge < -0.3 is 5.11 Å². The summed E-state index contributed by atoms with van der Waals surface area (Å²) in [4.78, 5) is 0. The fourth-order valence-corrected chi connectivity index (χ4v) is 4.21. The van der Waals surface area contributed by atoms with Crippen molar-refractivity contribution in [2.75, 3.05) is 0 Å². The molecule has 2 aromatic rings. The van der Waals surface area contributed by atoms with Gasteiger partial charge in [0.25, 0.3) is 0 Å². The van der Waals surface area contributed by atoms with E-state index in [2.05, 4.69) is 36.6 Å². The molecule has 1 saturated carbocycles. The van der Waals surface area contributed by atoms with E-state index in [1.165, 1.54) is 28.5 Å². The number of hydrogen-bond donors (Lipinski definition) is 1. The molecule has 1 aromatic carbocycles. The Bertz CT molecular complexity index is 545. The van der Waals surface area contributed by atoms with E-state index in [-0.39, 0.29) is 0 Å². The van der Waals surface area contributed by atoms with Crippen LogP contribution < -0.4 is 0 Å². The number of hydrogen-bond acceptors (Lipinski definition) is 2. The first-order valence-corrected chi connectivity index (χ1v) is 7.76. The highest BCUT2D eigenvalue weighted by Gasteiger charge is 2.36. The molecular formula is C16H20OS. The van der Waals surface area contributed by atoms with Gasteiger partial charge in [-0.2, -0.15) is 0 Å². The van der Waals surface area contributed by atoms with Gasteiger partial charge in [0, 0.05) is 11.1 Å². The van der Waals surface area contributed by atoms with Crippen molar-refractivity contribution in [2.45, 2.75) is 44.6 Å². The standard InChI is InChI=1S/C16H20OS/c1-2-12-7-8-16(17,9-12)10-13-11-18-15-6-4-3-5-14(13)15/h3-6,11-12,17H,2,7-10H2,1H3. The van der Waals surface area contributed by atoms with Crippen LogP contribution in [0.4, 0.5) is 0 Å². The summed E-state index contributed by atoms with van der Waals surface area (Å²) in [6.45, 7) is 2.23. The van der Waals surface area contributed by atoms with Crippen LogP contribution in [0.25, 0.3) is 10.1 Å². The van der Waals surface area contributed by atoms with Crippen LogP contribution in [0.3, 0.4) is 0 Å². The first-order chi connectivity index (χ1) is 8.70. The van der Waals surface area contributed by atoms with Crippen LogP contribution in [0.1, 0.15) is 38.2 Å². The van der Waals surface area contributed by atoms with Gasteiger partial charge in [-0.05, 0) is 47.6 Å². The minimum Gasteiger partial charge on any atom is -0.390 e. The summed E-state index contributed by atoms with van der Waals surface area (Å²) in [6, 6.07) is 8.51. The van der Waals surface area contributed by atoms with Gasteiger partial charge in [0.05, 0.1) is 5.60 Å². The molecule has 0 aliphatic heterocycles. The lowest BCUT2D eigenvalue weighted by Crippen LogP contribution is -2.27. The molecular weight excluding hydrogens is 240 g/mol. The smallest absolute Gasteiger partial charge is 0.0691 e. The Hall–Kier alpha value is -0.860. The van der Waals surface area contributed by atoms with Crippen LogP contribution in [0.15, 0.2) is 29.6 Å². The van der Waals surface area contributed by atoms with Crippen molar-refractivity contribution in [3.8, 4) is 0 Å². The van der Waals surface area contributed by atoms with Crippen molar-refractivity contribution in [3.05, 3.63) is 35.2 Å². The quantitative estimate of drug-likeness (QED) is 0.868. The molecule has 1 fully saturated rings. The van der Waals surface area contributed by atoms with Crippen LogP contribution in [0.5, 0.6) is 0 Å². The van der Waals surface area contributed by atoms with E-state index < -0.39 is 5.60 Å². The highest BCUT2D eigenvalue weighted by atomic mass is 32.1. The van der Waals surface area contributed by atoms with Crippen molar-refractivity contribution < 1.29 is 5.11 Å². The maximum absolute atomic E-state index is 10.7. The monoisotopic (exact) mass is 260 g/mol.